The molecule has 4 N–H and O–H groups in total. The van der Waals surface area contributed by atoms with Crippen LogP contribution < -0.4 is 0 Å². The van der Waals surface area contributed by atoms with E-state index in [1.165, 1.54) is 26.4 Å². The van der Waals surface area contributed by atoms with Crippen molar-refractivity contribution < 1.29 is 29.3 Å². The highest BCUT2D eigenvalue weighted by Crippen LogP contribution is 2.57. The third-order valence-electron chi connectivity index (χ3n) is 9.17. The quantitative estimate of drug-likeness (QED) is 0.158. The number of aromatic nitrogens is 2. The summed E-state index contributed by atoms with van der Waals surface area (Å²) in [5.74, 6) is -0.513. The van der Waals surface area contributed by atoms with E-state index in [0.29, 0.717) is 33.7 Å². The molecule has 2 aliphatic rings. The van der Waals surface area contributed by atoms with Crippen molar-refractivity contribution >= 4 is 56.2 Å². The maximum atomic E-state index is 15.2. The van der Waals surface area contributed by atoms with Gasteiger partial charge in [-0.05, 0) is 53.6 Å². The maximum absolute atomic E-state index is 15.2. The molecule has 46 heavy (non-hydrogen) atoms. The smallest absolute Gasteiger partial charge is 0.205 e. The number of benzene rings is 4. The number of methoxy groups -OCH3 is 2. The van der Waals surface area contributed by atoms with Gasteiger partial charge in [0, 0.05) is 63.9 Å². The summed E-state index contributed by atoms with van der Waals surface area (Å²) in [6.45, 7) is 0. The summed E-state index contributed by atoms with van der Waals surface area (Å²) in [6.07, 6.45) is 0.846. The van der Waals surface area contributed by atoms with Crippen molar-refractivity contribution in [2.45, 2.75) is 11.7 Å². The fraction of sp³-hybridized carbons (Fsp3) is 0.105. The first kappa shape index (κ1) is 27.8. The van der Waals surface area contributed by atoms with Gasteiger partial charge < -0.3 is 29.7 Å². The minimum absolute atomic E-state index is 0.0771. The molecule has 2 aliphatic carbocycles. The number of ketones is 2. The van der Waals surface area contributed by atoms with E-state index in [1.54, 1.807) is 42.5 Å². The molecule has 0 unspecified atom stereocenters. The molecule has 2 aromatic heterocycles. The molecular weight excluding hydrogens is 580 g/mol. The highest BCUT2D eigenvalue weighted by atomic mass is 16.5. The number of ether oxygens (including phenoxy) is 2. The van der Waals surface area contributed by atoms with Gasteiger partial charge in [-0.25, -0.2) is 0 Å². The number of para-hydroxylation sites is 2. The average Bonchev–Trinajstić information content (AvgIpc) is 3.77. The number of rotatable bonds is 5. The number of nitrogens with one attached hydrogen (secondary N) is 2. The Balaban J connectivity index is 1.47. The Hall–Kier alpha value is -5.70. The van der Waals surface area contributed by atoms with Gasteiger partial charge in [0.2, 0.25) is 11.4 Å². The van der Waals surface area contributed by atoms with E-state index in [4.69, 9.17) is 9.47 Å². The maximum Gasteiger partial charge on any atom is 0.205 e. The Morgan fingerprint density at radius 1 is 0.717 bits per heavy atom. The number of phenols is 2. The molecule has 226 valence electrons. The van der Waals surface area contributed by atoms with Gasteiger partial charge in [-0.2, -0.15) is 0 Å². The predicted molar refractivity (Wildman–Crippen MR) is 176 cm³/mol. The van der Waals surface area contributed by atoms with Gasteiger partial charge >= 0.3 is 0 Å². The van der Waals surface area contributed by atoms with Crippen LogP contribution in [0, 0.1) is 0 Å². The van der Waals surface area contributed by atoms with Crippen LogP contribution in [0.1, 0.15) is 39.7 Å². The van der Waals surface area contributed by atoms with Crippen molar-refractivity contribution in [3.05, 3.63) is 131 Å². The molecule has 0 amide bonds. The monoisotopic (exact) mass is 608 g/mol. The SMILES string of the molecule is CO[C@@H](c1ccc(O)cc1)[C@]1(OC)C(=O)/C(=C2/C(=O)/C(=C/c3ccc(O)cc3)c3[nH]c4ccccc4c32)c2c1[nH]c1ccccc21. The molecule has 0 radical (unpaired) electrons. The molecule has 8 nitrogen and oxygen atoms in total. The predicted octanol–water partition coefficient (Wildman–Crippen LogP) is 6.91. The number of hydrogen-bond donors (Lipinski definition) is 4. The van der Waals surface area contributed by atoms with E-state index in [9.17, 15) is 15.0 Å². The summed E-state index contributed by atoms with van der Waals surface area (Å²) < 4.78 is 12.3. The molecule has 4 aromatic carbocycles. The molecule has 0 spiro atoms. The van der Waals surface area contributed by atoms with Gasteiger partial charge in [0.15, 0.2) is 5.78 Å². The second kappa shape index (κ2) is 10.2. The van der Waals surface area contributed by atoms with Crippen molar-refractivity contribution in [2.75, 3.05) is 14.2 Å². The zero-order valence-corrected chi connectivity index (χ0v) is 24.9. The van der Waals surface area contributed by atoms with Crippen LogP contribution >= 0.6 is 0 Å². The first-order valence-electron chi connectivity index (χ1n) is 14.8. The van der Waals surface area contributed by atoms with Crippen molar-refractivity contribution in [1.29, 1.82) is 0 Å². The number of H-pyrrole nitrogens is 2. The summed E-state index contributed by atoms with van der Waals surface area (Å²) in [5, 5.41) is 21.5. The second-order valence-corrected chi connectivity index (χ2v) is 11.5. The lowest BCUT2D eigenvalue weighted by atomic mass is 9.85. The third-order valence-corrected chi connectivity index (χ3v) is 9.17. The van der Waals surface area contributed by atoms with E-state index >= 15 is 4.79 Å². The number of aromatic amines is 2. The fourth-order valence-corrected chi connectivity index (χ4v) is 7.15. The fourth-order valence-electron chi connectivity index (χ4n) is 7.15. The summed E-state index contributed by atoms with van der Waals surface area (Å²) in [4.78, 5) is 36.8. The molecule has 8 rings (SSSR count). The van der Waals surface area contributed by atoms with Crippen LogP contribution in [0.5, 0.6) is 11.5 Å². The Bertz CT molecular complexity index is 2290. The zero-order chi connectivity index (χ0) is 31.7. The third kappa shape index (κ3) is 3.74. The van der Waals surface area contributed by atoms with Crippen molar-refractivity contribution in [2.24, 2.45) is 0 Å². The Morgan fingerprint density at radius 3 is 1.93 bits per heavy atom. The van der Waals surface area contributed by atoms with Gasteiger partial charge in [-0.3, -0.25) is 9.59 Å². The van der Waals surface area contributed by atoms with Crippen LogP contribution in [0.2, 0.25) is 0 Å². The summed E-state index contributed by atoms with van der Waals surface area (Å²) >= 11 is 0. The van der Waals surface area contributed by atoms with E-state index < -0.39 is 17.5 Å². The van der Waals surface area contributed by atoms with Crippen molar-refractivity contribution in [1.82, 2.24) is 9.97 Å². The zero-order valence-electron chi connectivity index (χ0n) is 24.9. The lowest BCUT2D eigenvalue weighted by Gasteiger charge is -2.34. The minimum Gasteiger partial charge on any atom is -0.508 e. The highest BCUT2D eigenvalue weighted by Gasteiger charge is 2.59. The van der Waals surface area contributed by atoms with Crippen molar-refractivity contribution in [3.63, 3.8) is 0 Å². The van der Waals surface area contributed by atoms with Gasteiger partial charge in [0.1, 0.15) is 17.6 Å². The number of carbonyl (C=O) groups is 2. The second-order valence-electron chi connectivity index (χ2n) is 11.5. The normalized spacial score (nSPS) is 20.6. The molecule has 2 atom stereocenters. The van der Waals surface area contributed by atoms with Crippen LogP contribution in [0.15, 0.2) is 97.1 Å². The molecule has 6 aromatic rings. The molecule has 0 aliphatic heterocycles. The summed E-state index contributed by atoms with van der Waals surface area (Å²) in [6, 6.07) is 28.4. The van der Waals surface area contributed by atoms with Crippen LogP contribution in [-0.4, -0.2) is 46.0 Å². The van der Waals surface area contributed by atoms with Gasteiger partial charge in [0.05, 0.1) is 11.4 Å². The number of aromatic hydroxyl groups is 2. The largest absolute Gasteiger partial charge is 0.508 e. The van der Waals surface area contributed by atoms with Crippen LogP contribution in [0.3, 0.4) is 0 Å². The van der Waals surface area contributed by atoms with E-state index in [1.807, 2.05) is 48.5 Å². The van der Waals surface area contributed by atoms with Crippen LogP contribution in [-0.2, 0) is 24.7 Å². The first-order valence-corrected chi connectivity index (χ1v) is 14.8. The van der Waals surface area contributed by atoms with Crippen LogP contribution in [0.25, 0.3) is 44.6 Å². The number of allylic oxidation sites excluding steroid dienone is 2. The molecule has 0 saturated carbocycles. The van der Waals surface area contributed by atoms with Gasteiger partial charge in [-0.15, -0.1) is 0 Å². The number of carbonyl (C=O) groups excluding carboxylic acids is 2. The highest BCUT2D eigenvalue weighted by molar-refractivity contribution is 6.59. The summed E-state index contributed by atoms with van der Waals surface area (Å²) in [7, 11) is 2.98. The van der Waals surface area contributed by atoms with Crippen molar-refractivity contribution in [3.8, 4) is 11.5 Å². The number of Topliss-reactive ketones (excluding diaryl/α,β-unsaturated/α-hetero) is 2. The van der Waals surface area contributed by atoms with E-state index in [2.05, 4.69) is 9.97 Å². The Kier molecular flexibility index (Phi) is 6.15. The minimum atomic E-state index is -1.68. The molecular formula is C38H28N2O6. The number of hydrogen-bond acceptors (Lipinski definition) is 6. The standard InChI is InChI=1S/C38H28N2O6/c1-45-37(21-13-17-23(42)18-14-21)38(46-2)35-30(25-8-4-6-10-28(25)40-35)32(36(38)44)31-29-24-7-3-5-9-27(24)39-33(29)26(34(31)43)19-20-11-15-22(41)16-12-20/h3-19,37,39-42H,1-2H3/b26-19+,32-31+/t37-,38+/m0/s1. The molecule has 8 heteroatoms. The lowest BCUT2D eigenvalue weighted by Crippen LogP contribution is -2.42. The number of phenolic OH excluding ortho intramolecular Hbond substituents is 2. The van der Waals surface area contributed by atoms with E-state index in [0.717, 1.165) is 27.4 Å². The first-order chi connectivity index (χ1) is 22.4. The average molecular weight is 609 g/mol. The van der Waals surface area contributed by atoms with Gasteiger partial charge in [-0.1, -0.05) is 60.7 Å². The molecule has 0 saturated heterocycles. The Labute approximate surface area is 263 Å². The van der Waals surface area contributed by atoms with E-state index in [-0.39, 0.29) is 28.4 Å². The van der Waals surface area contributed by atoms with Gasteiger partial charge in [0.25, 0.3) is 0 Å². The Morgan fingerprint density at radius 2 is 1.30 bits per heavy atom. The topological polar surface area (TPSA) is 125 Å². The lowest BCUT2D eigenvalue weighted by molar-refractivity contribution is -0.158. The molecule has 0 fully saturated rings. The molecule has 0 bridgehead atoms. The summed E-state index contributed by atoms with van der Waals surface area (Å²) in [5.41, 5.74) is 4.56. The molecule has 2 heterocycles. The van der Waals surface area contributed by atoms with Crippen LogP contribution in [0.4, 0.5) is 0 Å². The number of fused-ring (bicyclic) bond motifs is 6.